The zero-order chi connectivity index (χ0) is 21.2. The van der Waals surface area contributed by atoms with Gasteiger partial charge in [0.05, 0.1) is 16.8 Å². The molecule has 1 aliphatic heterocycles. The number of carbonyl (C=O) groups is 1. The van der Waals surface area contributed by atoms with Crippen molar-refractivity contribution in [1.82, 2.24) is 14.8 Å². The van der Waals surface area contributed by atoms with Crippen LogP contribution in [0.2, 0.25) is 0 Å². The average molecular weight is 443 g/mol. The molecule has 0 bridgehead atoms. The van der Waals surface area contributed by atoms with Crippen molar-refractivity contribution in [3.8, 4) is 0 Å². The fourth-order valence-electron chi connectivity index (χ4n) is 3.02. The highest BCUT2D eigenvalue weighted by atomic mass is 32.2. The Hall–Kier alpha value is -2.27. The lowest BCUT2D eigenvalue weighted by Gasteiger charge is -2.14. The van der Waals surface area contributed by atoms with Gasteiger partial charge in [-0.15, -0.1) is 16.8 Å². The number of hydrogen-bond acceptors (Lipinski definition) is 6. The standard InChI is InChI=1S/C18H20F2N4O3S2/c1-3-7-24-16(12-6-8-29(26,27)10-12)22-23-18(24)28-11(2)17(25)21-13-4-5-14(19)15(20)9-13/h3-5,9,11-12H,1,6-8,10H2,2H3,(H,21,25)/t11-,12-/m1/s1. The molecule has 2 heterocycles. The summed E-state index contributed by atoms with van der Waals surface area (Å²) in [6.45, 7) is 5.73. The Bertz CT molecular complexity index is 1040. The molecule has 0 saturated carbocycles. The molecule has 156 valence electrons. The molecule has 7 nitrogen and oxygen atoms in total. The molecule has 1 saturated heterocycles. The van der Waals surface area contributed by atoms with Crippen LogP contribution in [-0.4, -0.2) is 45.8 Å². The first-order valence-electron chi connectivity index (χ1n) is 8.87. The molecule has 1 aromatic heterocycles. The maximum Gasteiger partial charge on any atom is 0.237 e. The minimum atomic E-state index is -3.08. The van der Waals surface area contributed by atoms with E-state index in [9.17, 15) is 22.0 Å². The van der Waals surface area contributed by atoms with Crippen LogP contribution < -0.4 is 5.32 Å². The SMILES string of the molecule is C=CCn1c(S[C@H](C)C(=O)Nc2ccc(F)c(F)c2)nnc1[C@@H]1CCS(=O)(=O)C1. The third kappa shape index (κ3) is 5.02. The number of nitrogens with zero attached hydrogens (tertiary/aromatic N) is 3. The Morgan fingerprint density at radius 1 is 1.41 bits per heavy atom. The number of rotatable bonds is 7. The molecular formula is C18H20F2N4O3S2. The van der Waals surface area contributed by atoms with Crippen LogP contribution in [0.25, 0.3) is 0 Å². The third-order valence-electron chi connectivity index (χ3n) is 4.49. The molecule has 1 aliphatic rings. The minimum absolute atomic E-state index is 0.0269. The number of amides is 1. The molecule has 1 N–H and O–H groups in total. The van der Waals surface area contributed by atoms with Crippen molar-refractivity contribution in [3.63, 3.8) is 0 Å². The molecule has 0 radical (unpaired) electrons. The first-order valence-corrected chi connectivity index (χ1v) is 11.6. The van der Waals surface area contributed by atoms with E-state index in [0.717, 1.165) is 23.9 Å². The second-order valence-corrected chi connectivity index (χ2v) is 10.3. The summed E-state index contributed by atoms with van der Waals surface area (Å²) >= 11 is 1.14. The Morgan fingerprint density at radius 2 is 2.17 bits per heavy atom. The van der Waals surface area contributed by atoms with Crippen LogP contribution >= 0.6 is 11.8 Å². The van der Waals surface area contributed by atoms with Crippen molar-refractivity contribution >= 4 is 33.2 Å². The van der Waals surface area contributed by atoms with Crippen molar-refractivity contribution in [2.24, 2.45) is 0 Å². The van der Waals surface area contributed by atoms with Crippen LogP contribution in [0.15, 0.2) is 36.0 Å². The fourth-order valence-corrected chi connectivity index (χ4v) is 5.62. The summed E-state index contributed by atoms with van der Waals surface area (Å²) in [6, 6.07) is 3.11. The molecule has 1 fully saturated rings. The van der Waals surface area contributed by atoms with Gasteiger partial charge in [0.1, 0.15) is 5.82 Å². The normalized spacial score (nSPS) is 19.1. The third-order valence-corrected chi connectivity index (χ3v) is 7.34. The Labute approximate surface area is 171 Å². The van der Waals surface area contributed by atoms with Gasteiger partial charge in [0.2, 0.25) is 5.91 Å². The average Bonchev–Trinajstić information content (AvgIpc) is 3.21. The quantitative estimate of drug-likeness (QED) is 0.524. The maximum absolute atomic E-state index is 13.3. The number of benzene rings is 1. The zero-order valence-electron chi connectivity index (χ0n) is 15.6. The van der Waals surface area contributed by atoms with Crippen LogP contribution in [0, 0.1) is 11.6 Å². The lowest BCUT2D eigenvalue weighted by atomic mass is 10.1. The highest BCUT2D eigenvalue weighted by molar-refractivity contribution is 8.00. The predicted octanol–water partition coefficient (Wildman–Crippen LogP) is 2.76. The smallest absolute Gasteiger partial charge is 0.237 e. The topological polar surface area (TPSA) is 93.9 Å². The number of thioether (sulfide) groups is 1. The van der Waals surface area contributed by atoms with Gasteiger partial charge in [-0.1, -0.05) is 17.8 Å². The summed E-state index contributed by atoms with van der Waals surface area (Å²) in [5.41, 5.74) is 0.144. The first kappa shape index (κ1) is 21.4. The first-order chi connectivity index (χ1) is 13.7. The van der Waals surface area contributed by atoms with Crippen LogP contribution in [0.3, 0.4) is 0 Å². The molecule has 0 aliphatic carbocycles. The van der Waals surface area contributed by atoms with E-state index < -0.39 is 32.6 Å². The number of anilines is 1. The van der Waals surface area contributed by atoms with Gasteiger partial charge >= 0.3 is 0 Å². The lowest BCUT2D eigenvalue weighted by molar-refractivity contribution is -0.115. The van der Waals surface area contributed by atoms with Gasteiger partial charge < -0.3 is 9.88 Å². The second-order valence-electron chi connectivity index (χ2n) is 6.72. The molecule has 1 aromatic carbocycles. The van der Waals surface area contributed by atoms with Gasteiger partial charge in [0, 0.05) is 24.2 Å². The van der Waals surface area contributed by atoms with E-state index in [4.69, 9.17) is 0 Å². The highest BCUT2D eigenvalue weighted by Crippen LogP contribution is 2.31. The second kappa shape index (κ2) is 8.62. The van der Waals surface area contributed by atoms with Crippen molar-refractivity contribution in [2.75, 3.05) is 16.8 Å². The monoisotopic (exact) mass is 442 g/mol. The van der Waals surface area contributed by atoms with Crippen molar-refractivity contribution in [1.29, 1.82) is 0 Å². The van der Waals surface area contributed by atoms with E-state index in [2.05, 4.69) is 22.1 Å². The molecule has 2 atom stereocenters. The van der Waals surface area contributed by atoms with Crippen LogP contribution in [-0.2, 0) is 21.2 Å². The minimum Gasteiger partial charge on any atom is -0.325 e. The molecule has 29 heavy (non-hydrogen) atoms. The maximum atomic E-state index is 13.3. The van der Waals surface area contributed by atoms with Crippen LogP contribution in [0.1, 0.15) is 25.1 Å². The molecule has 11 heteroatoms. The molecule has 2 aromatic rings. The number of allylic oxidation sites excluding steroid dienone is 1. The van der Waals surface area contributed by atoms with Gasteiger partial charge in [-0.05, 0) is 25.5 Å². The Balaban J connectivity index is 1.73. The number of nitrogens with one attached hydrogen (secondary N) is 1. The Kier molecular flexibility index (Phi) is 6.37. The van der Waals surface area contributed by atoms with Gasteiger partial charge in [-0.2, -0.15) is 0 Å². The summed E-state index contributed by atoms with van der Waals surface area (Å²) in [6.07, 6.45) is 2.13. The van der Waals surface area contributed by atoms with Crippen LogP contribution in [0.5, 0.6) is 0 Å². The van der Waals surface area contributed by atoms with E-state index in [1.54, 1.807) is 17.6 Å². The Morgan fingerprint density at radius 3 is 2.79 bits per heavy atom. The predicted molar refractivity (Wildman–Crippen MR) is 107 cm³/mol. The number of hydrogen-bond donors (Lipinski definition) is 1. The van der Waals surface area contributed by atoms with E-state index in [1.807, 2.05) is 0 Å². The van der Waals surface area contributed by atoms with Gasteiger partial charge in [-0.25, -0.2) is 17.2 Å². The molecule has 0 unspecified atom stereocenters. The van der Waals surface area contributed by atoms with Gasteiger partial charge in [0.25, 0.3) is 0 Å². The van der Waals surface area contributed by atoms with Gasteiger partial charge in [0.15, 0.2) is 26.6 Å². The van der Waals surface area contributed by atoms with E-state index in [-0.39, 0.29) is 23.1 Å². The van der Waals surface area contributed by atoms with Crippen molar-refractivity contribution in [2.45, 2.75) is 36.2 Å². The van der Waals surface area contributed by atoms with Gasteiger partial charge in [-0.3, -0.25) is 4.79 Å². The van der Waals surface area contributed by atoms with E-state index in [0.29, 0.717) is 23.9 Å². The van der Waals surface area contributed by atoms with E-state index >= 15 is 0 Å². The molecule has 0 spiro atoms. The molecule has 1 amide bonds. The number of halogens is 2. The highest BCUT2D eigenvalue weighted by Gasteiger charge is 2.33. The van der Waals surface area contributed by atoms with E-state index in [1.165, 1.54) is 6.07 Å². The molecule has 3 rings (SSSR count). The fraction of sp³-hybridized carbons (Fsp3) is 0.389. The van der Waals surface area contributed by atoms with Crippen molar-refractivity contribution < 1.29 is 22.0 Å². The summed E-state index contributed by atoms with van der Waals surface area (Å²) in [4.78, 5) is 12.4. The summed E-state index contributed by atoms with van der Waals surface area (Å²) in [7, 11) is -3.08. The summed E-state index contributed by atoms with van der Waals surface area (Å²) in [5.74, 6) is -2.00. The lowest BCUT2D eigenvalue weighted by Crippen LogP contribution is -2.23. The number of sulfone groups is 1. The van der Waals surface area contributed by atoms with Crippen LogP contribution in [0.4, 0.5) is 14.5 Å². The number of aromatic nitrogens is 3. The summed E-state index contributed by atoms with van der Waals surface area (Å²) < 4.78 is 51.7. The largest absolute Gasteiger partial charge is 0.325 e. The zero-order valence-corrected chi connectivity index (χ0v) is 17.3. The molecular weight excluding hydrogens is 422 g/mol. The van der Waals surface area contributed by atoms with Crippen molar-refractivity contribution in [3.05, 3.63) is 48.3 Å². The number of carbonyl (C=O) groups excluding carboxylic acids is 1. The summed E-state index contributed by atoms with van der Waals surface area (Å²) in [5, 5.41) is 10.7.